The van der Waals surface area contributed by atoms with Gasteiger partial charge in [-0.15, -0.1) is 0 Å². The van der Waals surface area contributed by atoms with Crippen LogP contribution in [0.1, 0.15) is 19.3 Å². The van der Waals surface area contributed by atoms with Gasteiger partial charge in [0.1, 0.15) is 5.75 Å². The summed E-state index contributed by atoms with van der Waals surface area (Å²) in [5.74, 6) is 0.733. The van der Waals surface area contributed by atoms with E-state index in [1.54, 1.807) is 7.11 Å². The highest BCUT2D eigenvalue weighted by Crippen LogP contribution is 2.30. The highest BCUT2D eigenvalue weighted by molar-refractivity contribution is 7.90. The molecule has 2 aromatic rings. The molecular formula is C13H17N3O3S2. The van der Waals surface area contributed by atoms with Gasteiger partial charge in [-0.1, -0.05) is 17.8 Å². The largest absolute Gasteiger partial charge is 0.497 e. The molecule has 0 amide bonds. The Hall–Kier alpha value is -1.38. The van der Waals surface area contributed by atoms with Crippen molar-refractivity contribution in [2.75, 3.05) is 24.9 Å². The summed E-state index contributed by atoms with van der Waals surface area (Å²) < 4.78 is 34.7. The van der Waals surface area contributed by atoms with Crippen molar-refractivity contribution in [2.45, 2.75) is 19.3 Å². The smallest absolute Gasteiger partial charge is 0.303 e. The predicted molar refractivity (Wildman–Crippen MR) is 84.1 cm³/mol. The van der Waals surface area contributed by atoms with Gasteiger partial charge in [-0.25, -0.2) is 9.71 Å². The first-order valence-corrected chi connectivity index (χ1v) is 9.06. The summed E-state index contributed by atoms with van der Waals surface area (Å²) in [6.45, 7) is 1.15. The minimum absolute atomic E-state index is 0.392. The van der Waals surface area contributed by atoms with Gasteiger partial charge in [-0.2, -0.15) is 12.7 Å². The summed E-state index contributed by atoms with van der Waals surface area (Å²) in [5.41, 5.74) is 0.761. The van der Waals surface area contributed by atoms with Crippen LogP contribution in [0.25, 0.3) is 10.2 Å². The van der Waals surface area contributed by atoms with Crippen LogP contribution in [-0.4, -0.2) is 37.9 Å². The second-order valence-corrected chi connectivity index (χ2v) is 7.62. The maximum atomic E-state index is 12.3. The molecule has 2 heterocycles. The Morgan fingerprint density at radius 2 is 2.05 bits per heavy atom. The van der Waals surface area contributed by atoms with Gasteiger partial charge in [0.25, 0.3) is 0 Å². The first-order valence-electron chi connectivity index (χ1n) is 6.81. The Morgan fingerprint density at radius 3 is 2.76 bits per heavy atom. The topological polar surface area (TPSA) is 71.5 Å². The van der Waals surface area contributed by atoms with Gasteiger partial charge in [0, 0.05) is 13.1 Å². The number of fused-ring (bicyclic) bond motifs is 1. The van der Waals surface area contributed by atoms with Gasteiger partial charge in [-0.05, 0) is 31.0 Å². The van der Waals surface area contributed by atoms with Crippen LogP contribution in [0.5, 0.6) is 5.75 Å². The average Bonchev–Trinajstić information content (AvgIpc) is 2.88. The lowest BCUT2D eigenvalue weighted by atomic mass is 10.2. The van der Waals surface area contributed by atoms with Crippen molar-refractivity contribution in [1.29, 1.82) is 0 Å². The molecule has 1 saturated heterocycles. The number of thiazole rings is 1. The van der Waals surface area contributed by atoms with E-state index in [1.165, 1.54) is 15.6 Å². The summed E-state index contributed by atoms with van der Waals surface area (Å²) in [4.78, 5) is 4.31. The maximum Gasteiger partial charge on any atom is 0.303 e. The van der Waals surface area contributed by atoms with Crippen molar-refractivity contribution in [2.24, 2.45) is 0 Å². The van der Waals surface area contributed by atoms with Gasteiger partial charge in [0.15, 0.2) is 5.13 Å². The van der Waals surface area contributed by atoms with Gasteiger partial charge < -0.3 is 4.74 Å². The van der Waals surface area contributed by atoms with Gasteiger partial charge >= 0.3 is 10.2 Å². The van der Waals surface area contributed by atoms with E-state index in [-0.39, 0.29) is 0 Å². The third-order valence-corrected chi connectivity index (χ3v) is 6.03. The number of hydrogen-bond donors (Lipinski definition) is 1. The van der Waals surface area contributed by atoms with Crippen LogP contribution in [0, 0.1) is 0 Å². The fourth-order valence-corrected chi connectivity index (χ4v) is 4.72. The molecule has 0 unspecified atom stereocenters. The molecule has 0 spiro atoms. The number of anilines is 1. The number of rotatable bonds is 4. The Labute approximate surface area is 127 Å². The Morgan fingerprint density at radius 1 is 1.29 bits per heavy atom. The van der Waals surface area contributed by atoms with Crippen LogP contribution < -0.4 is 9.46 Å². The monoisotopic (exact) mass is 327 g/mol. The Kier molecular flexibility index (Phi) is 4.01. The zero-order valence-electron chi connectivity index (χ0n) is 11.7. The highest BCUT2D eigenvalue weighted by atomic mass is 32.2. The highest BCUT2D eigenvalue weighted by Gasteiger charge is 2.24. The van der Waals surface area contributed by atoms with Crippen LogP contribution >= 0.6 is 11.3 Å². The number of hydrogen-bond acceptors (Lipinski definition) is 5. The first-order chi connectivity index (χ1) is 10.1. The van der Waals surface area contributed by atoms with Crippen LogP contribution in [0.2, 0.25) is 0 Å². The lowest BCUT2D eigenvalue weighted by Crippen LogP contribution is -2.39. The molecule has 21 heavy (non-hydrogen) atoms. The zero-order chi connectivity index (χ0) is 14.9. The second kappa shape index (κ2) is 5.78. The molecule has 0 bridgehead atoms. The molecule has 1 N–H and O–H groups in total. The Bertz CT molecular complexity index is 736. The van der Waals surface area contributed by atoms with E-state index in [2.05, 4.69) is 9.71 Å². The minimum atomic E-state index is -3.50. The summed E-state index contributed by atoms with van der Waals surface area (Å²) in [5, 5.41) is 0.392. The quantitative estimate of drug-likeness (QED) is 0.936. The van der Waals surface area contributed by atoms with Crippen molar-refractivity contribution in [3.8, 4) is 5.75 Å². The van der Waals surface area contributed by atoms with Crippen LogP contribution in [0.4, 0.5) is 5.13 Å². The summed E-state index contributed by atoms with van der Waals surface area (Å²) >= 11 is 1.31. The van der Waals surface area contributed by atoms with E-state index in [0.717, 1.165) is 35.2 Å². The van der Waals surface area contributed by atoms with Crippen molar-refractivity contribution in [3.63, 3.8) is 0 Å². The number of ether oxygens (including phenoxy) is 1. The number of benzene rings is 1. The fraction of sp³-hybridized carbons (Fsp3) is 0.462. The van der Waals surface area contributed by atoms with E-state index in [4.69, 9.17) is 4.74 Å². The molecule has 0 aliphatic carbocycles. The van der Waals surface area contributed by atoms with E-state index >= 15 is 0 Å². The standard InChI is InChI=1S/C13H17N3O3S2/c1-19-10-5-6-11-12(9-10)20-13(14-11)15-21(17,18)16-7-3-2-4-8-16/h5-6,9H,2-4,7-8H2,1H3,(H,14,15). The SMILES string of the molecule is COc1ccc2nc(NS(=O)(=O)N3CCCCC3)sc2c1. The molecule has 1 aliphatic rings. The lowest BCUT2D eigenvalue weighted by Gasteiger charge is -2.25. The normalized spacial score (nSPS) is 17.0. The molecule has 114 valence electrons. The average molecular weight is 327 g/mol. The maximum absolute atomic E-state index is 12.3. The minimum Gasteiger partial charge on any atom is -0.497 e. The molecule has 0 radical (unpaired) electrons. The van der Waals surface area contributed by atoms with Crippen molar-refractivity contribution < 1.29 is 13.2 Å². The summed E-state index contributed by atoms with van der Waals surface area (Å²) in [7, 11) is -1.90. The third kappa shape index (κ3) is 3.12. The number of nitrogens with one attached hydrogen (secondary N) is 1. The Balaban J connectivity index is 1.83. The second-order valence-electron chi connectivity index (χ2n) is 4.92. The number of methoxy groups -OCH3 is 1. The van der Waals surface area contributed by atoms with Crippen LogP contribution in [0.3, 0.4) is 0 Å². The molecule has 6 nitrogen and oxygen atoms in total. The predicted octanol–water partition coefficient (Wildman–Crippen LogP) is 2.45. The zero-order valence-corrected chi connectivity index (χ0v) is 13.3. The van der Waals surface area contributed by atoms with E-state index < -0.39 is 10.2 Å². The molecule has 0 atom stereocenters. The molecule has 1 fully saturated rings. The molecule has 8 heteroatoms. The summed E-state index contributed by atoms with van der Waals surface area (Å²) in [6.07, 6.45) is 2.92. The van der Waals surface area contributed by atoms with Crippen molar-refractivity contribution in [3.05, 3.63) is 18.2 Å². The van der Waals surface area contributed by atoms with Gasteiger partial charge in [0.2, 0.25) is 0 Å². The summed E-state index contributed by atoms with van der Waals surface area (Å²) in [6, 6.07) is 5.49. The van der Waals surface area contributed by atoms with E-state index in [0.29, 0.717) is 18.2 Å². The number of nitrogens with zero attached hydrogens (tertiary/aromatic N) is 2. The lowest BCUT2D eigenvalue weighted by molar-refractivity contribution is 0.349. The van der Waals surface area contributed by atoms with Crippen LogP contribution in [-0.2, 0) is 10.2 Å². The third-order valence-electron chi connectivity index (χ3n) is 3.47. The number of aromatic nitrogens is 1. The van der Waals surface area contributed by atoms with Crippen molar-refractivity contribution in [1.82, 2.24) is 9.29 Å². The van der Waals surface area contributed by atoms with Crippen LogP contribution in [0.15, 0.2) is 18.2 Å². The fourth-order valence-electron chi connectivity index (χ4n) is 2.36. The molecular weight excluding hydrogens is 310 g/mol. The molecule has 3 rings (SSSR count). The van der Waals surface area contributed by atoms with Gasteiger partial charge in [0.05, 0.1) is 17.3 Å². The first kappa shape index (κ1) is 14.6. The molecule has 1 aromatic carbocycles. The van der Waals surface area contributed by atoms with Gasteiger partial charge in [-0.3, -0.25) is 0 Å². The molecule has 1 aliphatic heterocycles. The van der Waals surface area contributed by atoms with E-state index in [9.17, 15) is 8.42 Å². The van der Waals surface area contributed by atoms with Crippen molar-refractivity contribution >= 4 is 36.9 Å². The van der Waals surface area contributed by atoms with E-state index in [1.807, 2.05) is 18.2 Å². The molecule has 1 aromatic heterocycles. The molecule has 0 saturated carbocycles. The number of piperidine rings is 1.